The third-order valence-corrected chi connectivity index (χ3v) is 7.17. The van der Waals surface area contributed by atoms with Crippen LogP contribution in [-0.4, -0.2) is 72.0 Å². The number of hydrogen-bond acceptors (Lipinski definition) is 9. The molecule has 0 aliphatic carbocycles. The van der Waals surface area contributed by atoms with Crippen molar-refractivity contribution in [2.75, 3.05) is 6.61 Å². The van der Waals surface area contributed by atoms with Gasteiger partial charge in [0.15, 0.2) is 5.82 Å². The zero-order valence-electron chi connectivity index (χ0n) is 21.9. The molecule has 5 atom stereocenters. The van der Waals surface area contributed by atoms with Crippen LogP contribution in [0.2, 0.25) is 0 Å². The maximum Gasteiger partial charge on any atom is 0.278 e. The zero-order valence-corrected chi connectivity index (χ0v) is 21.9. The molecule has 1 fully saturated rings. The van der Waals surface area contributed by atoms with Crippen LogP contribution in [0.25, 0.3) is 17.1 Å². The number of hydrogen-bond donors (Lipinski definition) is 4. The van der Waals surface area contributed by atoms with Gasteiger partial charge in [-0.3, -0.25) is 9.36 Å². The van der Waals surface area contributed by atoms with E-state index in [0.29, 0.717) is 28.5 Å². The summed E-state index contributed by atoms with van der Waals surface area (Å²) in [6.07, 6.45) is -3.86. The Morgan fingerprint density at radius 3 is 2.29 bits per heavy atom. The maximum absolute atomic E-state index is 13.6. The summed E-state index contributed by atoms with van der Waals surface area (Å²) in [4.78, 5) is 24.6. The Kier molecular flexibility index (Phi) is 7.43. The van der Waals surface area contributed by atoms with Crippen molar-refractivity contribution in [3.05, 3.63) is 118 Å². The number of aromatic nitrogens is 3. The lowest BCUT2D eigenvalue weighted by molar-refractivity contribution is -0.300. The molecule has 0 amide bonds. The van der Waals surface area contributed by atoms with Crippen LogP contribution in [0.15, 0.2) is 94.5 Å². The summed E-state index contributed by atoms with van der Waals surface area (Å²) < 4.78 is 14.0. The average molecular weight is 560 g/mol. The van der Waals surface area contributed by atoms with E-state index in [4.69, 9.17) is 19.0 Å². The molecule has 0 bridgehead atoms. The van der Waals surface area contributed by atoms with Gasteiger partial charge in [-0.25, -0.2) is 4.98 Å². The number of aliphatic hydroxyl groups is 4. The van der Waals surface area contributed by atoms with E-state index in [2.05, 4.69) is 0 Å². The van der Waals surface area contributed by atoms with Gasteiger partial charge in [0.05, 0.1) is 19.3 Å². The van der Waals surface area contributed by atoms with Crippen LogP contribution in [-0.2, 0) is 17.6 Å². The van der Waals surface area contributed by atoms with E-state index in [1.165, 1.54) is 15.6 Å². The molecule has 41 heavy (non-hydrogen) atoms. The largest absolute Gasteiger partial charge is 0.469 e. The Labute approximate surface area is 234 Å². The van der Waals surface area contributed by atoms with Gasteiger partial charge in [0, 0.05) is 18.2 Å². The fraction of sp³-hybridized carbons (Fsp3) is 0.267. The van der Waals surface area contributed by atoms with Crippen LogP contribution in [0.5, 0.6) is 0 Å². The lowest BCUT2D eigenvalue weighted by atomic mass is 9.99. The van der Waals surface area contributed by atoms with Gasteiger partial charge >= 0.3 is 0 Å². The first-order valence-electron chi connectivity index (χ1n) is 13.2. The van der Waals surface area contributed by atoms with Crippen LogP contribution < -0.4 is 10.4 Å². The fourth-order valence-corrected chi connectivity index (χ4v) is 5.01. The molecule has 1 unspecified atom stereocenters. The van der Waals surface area contributed by atoms with Crippen molar-refractivity contribution in [2.24, 2.45) is 0 Å². The van der Waals surface area contributed by atoms with E-state index in [-0.39, 0.29) is 24.1 Å². The number of nitrogens with zero attached hydrogens (tertiary/aromatic N) is 3. The molecular formula is C30H29N3O8. The highest BCUT2D eigenvalue weighted by molar-refractivity contribution is 5.61. The lowest BCUT2D eigenvalue weighted by Gasteiger charge is -2.40. The highest BCUT2D eigenvalue weighted by atomic mass is 16.8. The zero-order chi connectivity index (χ0) is 28.5. The first-order chi connectivity index (χ1) is 19.9. The molecule has 1 aromatic heterocycles. The van der Waals surface area contributed by atoms with Crippen LogP contribution in [0.3, 0.4) is 0 Å². The Balaban J connectivity index is 1.56. The van der Waals surface area contributed by atoms with Gasteiger partial charge in [0.25, 0.3) is 11.8 Å². The Morgan fingerprint density at radius 2 is 1.61 bits per heavy atom. The van der Waals surface area contributed by atoms with Gasteiger partial charge in [-0.05, 0) is 17.7 Å². The van der Waals surface area contributed by atoms with Gasteiger partial charge in [-0.2, -0.15) is 4.73 Å². The van der Waals surface area contributed by atoms with Gasteiger partial charge in [0.1, 0.15) is 47.3 Å². The molecule has 212 valence electrons. The Hall–Kier alpha value is -4.26. The topological polar surface area (TPSA) is 152 Å². The molecule has 3 aliphatic heterocycles. The normalized spacial score (nSPS) is 22.7. The summed E-state index contributed by atoms with van der Waals surface area (Å²) in [5.41, 5.74) is 2.46. The summed E-state index contributed by atoms with van der Waals surface area (Å²) in [5, 5.41) is 41.2. The molecule has 11 heteroatoms. The van der Waals surface area contributed by atoms with Crippen LogP contribution >= 0.6 is 0 Å². The van der Waals surface area contributed by atoms with E-state index in [9.17, 15) is 25.2 Å². The van der Waals surface area contributed by atoms with Crippen molar-refractivity contribution in [2.45, 2.75) is 43.5 Å². The predicted molar refractivity (Wildman–Crippen MR) is 146 cm³/mol. The molecule has 2 aromatic carbocycles. The third kappa shape index (κ3) is 5.17. The minimum atomic E-state index is -1.64. The van der Waals surface area contributed by atoms with Crippen LogP contribution in [0, 0.1) is 0 Å². The summed E-state index contributed by atoms with van der Waals surface area (Å²) in [7, 11) is 0. The minimum absolute atomic E-state index is 0.187. The van der Waals surface area contributed by atoms with Crippen LogP contribution in [0.4, 0.5) is 0 Å². The second-order valence-corrected chi connectivity index (χ2v) is 9.90. The summed E-state index contributed by atoms with van der Waals surface area (Å²) in [5.74, 6) is 0.911. The molecule has 11 nitrogen and oxygen atoms in total. The monoisotopic (exact) mass is 559 g/mol. The number of ether oxygens (including phenoxy) is 1. The smallest absolute Gasteiger partial charge is 0.278 e. The van der Waals surface area contributed by atoms with E-state index < -0.39 is 37.3 Å². The number of fused-ring (bicyclic) bond motifs is 1. The highest BCUT2D eigenvalue weighted by Crippen LogP contribution is 2.29. The second-order valence-electron chi connectivity index (χ2n) is 9.90. The van der Waals surface area contributed by atoms with Gasteiger partial charge in [0.2, 0.25) is 0 Å². The van der Waals surface area contributed by atoms with Gasteiger partial charge in [-0.1, -0.05) is 60.7 Å². The number of rotatable bonds is 8. The lowest BCUT2D eigenvalue weighted by Crippen LogP contribution is -2.61. The van der Waals surface area contributed by atoms with E-state index in [1.54, 1.807) is 18.3 Å². The second kappa shape index (κ2) is 11.3. The average Bonchev–Trinajstić information content (AvgIpc) is 3.63. The Morgan fingerprint density at radius 1 is 0.878 bits per heavy atom. The van der Waals surface area contributed by atoms with E-state index in [0.717, 1.165) is 5.56 Å². The quantitative estimate of drug-likeness (QED) is 0.219. The van der Waals surface area contributed by atoms with Crippen molar-refractivity contribution in [1.29, 1.82) is 0 Å². The van der Waals surface area contributed by atoms with E-state index in [1.807, 2.05) is 60.7 Å². The maximum atomic E-state index is 13.6. The molecule has 4 heterocycles. The first kappa shape index (κ1) is 26.9. The summed E-state index contributed by atoms with van der Waals surface area (Å²) >= 11 is 0. The molecular weight excluding hydrogens is 530 g/mol. The molecule has 3 aliphatic rings. The third-order valence-electron chi connectivity index (χ3n) is 7.17. The number of benzene rings is 2. The van der Waals surface area contributed by atoms with Crippen molar-refractivity contribution >= 4 is 0 Å². The summed E-state index contributed by atoms with van der Waals surface area (Å²) in [6.45, 7) is -0.604. The van der Waals surface area contributed by atoms with Crippen molar-refractivity contribution in [3.63, 3.8) is 0 Å². The van der Waals surface area contributed by atoms with Crippen LogP contribution in [0.1, 0.15) is 22.7 Å². The molecule has 3 aromatic rings. The Bertz CT molecular complexity index is 1620. The SMILES string of the molecule is O=c1c(Cc2ccco2)nc2c(Cc3ccccc3)n(OC3O[C@H](CO)[C@H](O)[C@H](O)[C@H]3O)c(-c3ccccc3)cn1-2. The number of aliphatic hydroxyl groups excluding tert-OH is 4. The molecule has 0 saturated carbocycles. The number of furan rings is 1. The van der Waals surface area contributed by atoms with Crippen molar-refractivity contribution in [3.8, 4) is 17.1 Å². The highest BCUT2D eigenvalue weighted by Gasteiger charge is 2.45. The minimum Gasteiger partial charge on any atom is -0.469 e. The molecule has 6 rings (SSSR count). The van der Waals surface area contributed by atoms with Gasteiger partial charge < -0.3 is 34.4 Å². The van der Waals surface area contributed by atoms with Gasteiger partial charge in [-0.15, -0.1) is 0 Å². The first-order valence-corrected chi connectivity index (χ1v) is 13.2. The number of imidazole rings is 1. The van der Waals surface area contributed by atoms with Crippen molar-refractivity contribution in [1.82, 2.24) is 14.3 Å². The molecule has 0 spiro atoms. The molecule has 0 radical (unpaired) electrons. The standard InChI is InChI=1S/C30H29N3O8/c34-17-24-25(35)26(36)27(37)30(40-24)41-33-22(14-18-8-3-1-4-9-18)28-31-21(15-20-12-7-13-39-20)29(38)32(28)16-23(33)19-10-5-2-6-11-19/h1-13,16,24-27,30,34-37H,14-15,17H2/t24-,25+,26+,27-,30?/m1/s1. The van der Waals surface area contributed by atoms with E-state index >= 15 is 0 Å². The predicted octanol–water partition coefficient (Wildman–Crippen LogP) is 1.14. The molecule has 4 N–H and O–H groups in total. The van der Waals surface area contributed by atoms with Crippen molar-refractivity contribution < 1.29 is 34.4 Å². The molecule has 1 saturated heterocycles. The fourth-order valence-electron chi connectivity index (χ4n) is 5.01. The summed E-state index contributed by atoms with van der Waals surface area (Å²) in [6, 6.07) is 22.2.